The predicted octanol–water partition coefficient (Wildman–Crippen LogP) is 3.82. The minimum atomic E-state index is -0.119. The van der Waals surface area contributed by atoms with Crippen LogP contribution in [0, 0.1) is 0 Å². The maximum absolute atomic E-state index is 12.3. The lowest BCUT2D eigenvalue weighted by Crippen LogP contribution is -2.29. The molecular formula is C15H24ClN3O. The van der Waals surface area contributed by atoms with Gasteiger partial charge in [0.2, 0.25) is 0 Å². The van der Waals surface area contributed by atoms with Crippen LogP contribution in [0.2, 0.25) is 5.02 Å². The third kappa shape index (κ3) is 5.00. The fraction of sp³-hybridized carbons (Fsp3) is 0.600. The molecule has 0 aliphatic heterocycles. The summed E-state index contributed by atoms with van der Waals surface area (Å²) in [5.74, 6) is 0.577. The Kier molecular flexibility index (Phi) is 7.37. The van der Waals surface area contributed by atoms with Crippen LogP contribution in [-0.4, -0.2) is 35.9 Å². The van der Waals surface area contributed by atoms with Gasteiger partial charge in [0.15, 0.2) is 0 Å². The molecule has 1 amide bonds. The number of carbonyl (C=O) groups excluding carboxylic acids is 1. The fourth-order valence-corrected chi connectivity index (χ4v) is 2.01. The van der Waals surface area contributed by atoms with Gasteiger partial charge in [-0.25, -0.2) is 4.98 Å². The van der Waals surface area contributed by atoms with Crippen LogP contribution >= 0.6 is 11.6 Å². The number of hydrogen-bond donors (Lipinski definition) is 1. The Morgan fingerprint density at radius 1 is 1.30 bits per heavy atom. The second-order valence-corrected chi connectivity index (χ2v) is 5.29. The summed E-state index contributed by atoms with van der Waals surface area (Å²) >= 11 is 6.09. The normalized spacial score (nSPS) is 10.4. The van der Waals surface area contributed by atoms with E-state index in [-0.39, 0.29) is 5.91 Å². The second kappa shape index (κ2) is 8.80. The summed E-state index contributed by atoms with van der Waals surface area (Å²) in [6.45, 7) is 5.78. The highest BCUT2D eigenvalue weighted by Crippen LogP contribution is 2.18. The van der Waals surface area contributed by atoms with Gasteiger partial charge in [-0.15, -0.1) is 0 Å². The van der Waals surface area contributed by atoms with E-state index in [9.17, 15) is 4.79 Å². The first kappa shape index (κ1) is 16.8. The third-order valence-electron chi connectivity index (χ3n) is 3.05. The Bertz CT molecular complexity index is 437. The van der Waals surface area contributed by atoms with Gasteiger partial charge in [0.05, 0.1) is 5.02 Å². The molecule has 1 N–H and O–H groups in total. The molecule has 0 radical (unpaired) electrons. The Morgan fingerprint density at radius 2 is 2.05 bits per heavy atom. The molecule has 0 spiro atoms. The van der Waals surface area contributed by atoms with E-state index < -0.39 is 0 Å². The monoisotopic (exact) mass is 297 g/mol. The number of halogens is 1. The van der Waals surface area contributed by atoms with Crippen molar-refractivity contribution in [2.45, 2.75) is 39.5 Å². The zero-order chi connectivity index (χ0) is 15.0. The molecule has 0 atom stereocenters. The molecule has 0 aliphatic rings. The van der Waals surface area contributed by atoms with Gasteiger partial charge in [-0.05, 0) is 25.0 Å². The molecule has 20 heavy (non-hydrogen) atoms. The van der Waals surface area contributed by atoms with Crippen molar-refractivity contribution < 1.29 is 4.79 Å². The maximum Gasteiger partial charge on any atom is 0.273 e. The first-order valence-corrected chi connectivity index (χ1v) is 7.63. The summed E-state index contributed by atoms with van der Waals surface area (Å²) in [4.78, 5) is 18.3. The van der Waals surface area contributed by atoms with Crippen molar-refractivity contribution in [1.29, 1.82) is 0 Å². The summed E-state index contributed by atoms with van der Waals surface area (Å²) in [6, 6.07) is 3.52. The molecule has 0 aromatic carbocycles. The van der Waals surface area contributed by atoms with Crippen LogP contribution in [-0.2, 0) is 0 Å². The van der Waals surface area contributed by atoms with E-state index in [1.165, 1.54) is 0 Å². The molecule has 1 aromatic heterocycles. The highest BCUT2D eigenvalue weighted by molar-refractivity contribution is 6.33. The highest BCUT2D eigenvalue weighted by atomic mass is 35.5. The number of anilines is 1. The lowest BCUT2D eigenvalue weighted by Gasteiger charge is -2.17. The molecular weight excluding hydrogens is 274 g/mol. The maximum atomic E-state index is 12.3. The first-order chi connectivity index (χ1) is 9.60. The number of nitrogens with one attached hydrogen (secondary N) is 1. The van der Waals surface area contributed by atoms with E-state index in [4.69, 9.17) is 11.6 Å². The lowest BCUT2D eigenvalue weighted by molar-refractivity contribution is 0.0787. The van der Waals surface area contributed by atoms with E-state index in [1.807, 2.05) is 0 Å². The van der Waals surface area contributed by atoms with E-state index in [0.29, 0.717) is 16.5 Å². The minimum absolute atomic E-state index is 0.119. The van der Waals surface area contributed by atoms with Gasteiger partial charge >= 0.3 is 0 Å². The number of unbranched alkanes of at least 4 members (excludes halogenated alkanes) is 2. The topological polar surface area (TPSA) is 45.2 Å². The zero-order valence-corrected chi connectivity index (χ0v) is 13.3. The van der Waals surface area contributed by atoms with E-state index >= 15 is 0 Å². The van der Waals surface area contributed by atoms with Gasteiger partial charge in [-0.1, -0.05) is 38.3 Å². The Labute approximate surface area is 126 Å². The Hall–Kier alpha value is -1.29. The molecule has 1 rings (SSSR count). The summed E-state index contributed by atoms with van der Waals surface area (Å²) in [7, 11) is 1.79. The van der Waals surface area contributed by atoms with Crippen molar-refractivity contribution in [2.75, 3.05) is 25.5 Å². The predicted molar refractivity (Wildman–Crippen MR) is 84.5 cm³/mol. The average molecular weight is 298 g/mol. The van der Waals surface area contributed by atoms with Crippen molar-refractivity contribution in [2.24, 2.45) is 0 Å². The number of aromatic nitrogens is 1. The standard InChI is InChI=1S/C15H24ClN3O/c1-4-6-7-11-19(3)15(20)14-12(16)8-9-13(18-14)17-10-5-2/h8-9H,4-7,10-11H2,1-3H3,(H,17,18). The highest BCUT2D eigenvalue weighted by Gasteiger charge is 2.17. The molecule has 1 aromatic rings. The van der Waals surface area contributed by atoms with Crippen molar-refractivity contribution in [1.82, 2.24) is 9.88 Å². The molecule has 0 fully saturated rings. The second-order valence-electron chi connectivity index (χ2n) is 4.89. The quantitative estimate of drug-likeness (QED) is 0.742. The zero-order valence-electron chi connectivity index (χ0n) is 12.6. The Morgan fingerprint density at radius 3 is 2.70 bits per heavy atom. The molecule has 1 heterocycles. The third-order valence-corrected chi connectivity index (χ3v) is 3.35. The summed E-state index contributed by atoms with van der Waals surface area (Å²) < 4.78 is 0. The van der Waals surface area contributed by atoms with Gasteiger partial charge < -0.3 is 10.2 Å². The summed E-state index contributed by atoms with van der Waals surface area (Å²) in [5, 5.41) is 3.57. The van der Waals surface area contributed by atoms with E-state index in [2.05, 4.69) is 24.1 Å². The minimum Gasteiger partial charge on any atom is -0.370 e. The van der Waals surface area contributed by atoms with Gasteiger partial charge in [0.25, 0.3) is 5.91 Å². The SMILES string of the molecule is CCCCCN(C)C(=O)c1nc(NCCC)ccc1Cl. The molecule has 0 aliphatic carbocycles. The van der Waals surface area contributed by atoms with Crippen LogP contribution in [0.1, 0.15) is 50.0 Å². The van der Waals surface area contributed by atoms with E-state index in [1.54, 1.807) is 24.1 Å². The largest absolute Gasteiger partial charge is 0.370 e. The molecule has 0 saturated carbocycles. The van der Waals surface area contributed by atoms with Gasteiger partial charge in [0.1, 0.15) is 11.5 Å². The van der Waals surface area contributed by atoms with Crippen molar-refractivity contribution >= 4 is 23.3 Å². The van der Waals surface area contributed by atoms with Crippen LogP contribution in [0.3, 0.4) is 0 Å². The van der Waals surface area contributed by atoms with Gasteiger partial charge in [-0.2, -0.15) is 0 Å². The molecule has 0 unspecified atom stereocenters. The lowest BCUT2D eigenvalue weighted by atomic mass is 10.2. The fourth-order valence-electron chi connectivity index (χ4n) is 1.82. The van der Waals surface area contributed by atoms with Crippen LogP contribution in [0.25, 0.3) is 0 Å². The number of rotatable bonds is 8. The van der Waals surface area contributed by atoms with Crippen LogP contribution < -0.4 is 5.32 Å². The first-order valence-electron chi connectivity index (χ1n) is 7.26. The van der Waals surface area contributed by atoms with Crippen LogP contribution in [0.4, 0.5) is 5.82 Å². The number of amides is 1. The van der Waals surface area contributed by atoms with Crippen LogP contribution in [0.15, 0.2) is 12.1 Å². The molecule has 5 heteroatoms. The number of hydrogen-bond acceptors (Lipinski definition) is 3. The van der Waals surface area contributed by atoms with Gasteiger partial charge in [-0.3, -0.25) is 4.79 Å². The Balaban J connectivity index is 2.74. The van der Waals surface area contributed by atoms with Crippen LogP contribution in [0.5, 0.6) is 0 Å². The number of pyridine rings is 1. The molecule has 0 saturated heterocycles. The summed E-state index contributed by atoms with van der Waals surface area (Å²) in [6.07, 6.45) is 4.27. The smallest absolute Gasteiger partial charge is 0.273 e. The molecule has 0 bridgehead atoms. The number of carbonyl (C=O) groups is 1. The van der Waals surface area contributed by atoms with Crippen molar-refractivity contribution in [3.63, 3.8) is 0 Å². The average Bonchev–Trinajstić information content (AvgIpc) is 2.45. The van der Waals surface area contributed by atoms with Crippen molar-refractivity contribution in [3.05, 3.63) is 22.8 Å². The van der Waals surface area contributed by atoms with Crippen molar-refractivity contribution in [3.8, 4) is 0 Å². The van der Waals surface area contributed by atoms with Gasteiger partial charge in [0, 0.05) is 20.1 Å². The summed E-state index contributed by atoms with van der Waals surface area (Å²) in [5.41, 5.74) is 0.326. The molecule has 112 valence electrons. The number of nitrogens with zero attached hydrogens (tertiary/aromatic N) is 2. The molecule has 4 nitrogen and oxygen atoms in total. The van der Waals surface area contributed by atoms with E-state index in [0.717, 1.165) is 38.8 Å².